The number of nitrogens with one attached hydrogen (secondary N) is 1. The van der Waals surface area contributed by atoms with Crippen LogP contribution in [0.5, 0.6) is 5.75 Å². The van der Waals surface area contributed by atoms with Crippen molar-refractivity contribution >= 4 is 17.3 Å². The molecule has 124 valence electrons. The monoisotopic (exact) mass is 336 g/mol. The summed E-state index contributed by atoms with van der Waals surface area (Å²) in [6.07, 6.45) is 4.91. The Morgan fingerprint density at radius 2 is 2.35 bits per heavy atom. The van der Waals surface area contributed by atoms with Gasteiger partial charge in [0.05, 0.1) is 24.5 Å². The molecule has 1 aliphatic rings. The minimum atomic E-state index is 0.178. The van der Waals surface area contributed by atoms with Crippen LogP contribution in [0.2, 0.25) is 5.02 Å². The Bertz CT molecular complexity index is 639. The fourth-order valence-electron chi connectivity index (χ4n) is 2.49. The van der Waals surface area contributed by atoms with Crippen LogP contribution in [0.15, 0.2) is 28.8 Å². The van der Waals surface area contributed by atoms with E-state index in [1.165, 1.54) is 0 Å². The summed E-state index contributed by atoms with van der Waals surface area (Å²) in [5.74, 6) is 2.28. The summed E-state index contributed by atoms with van der Waals surface area (Å²) in [7, 11) is 0. The van der Waals surface area contributed by atoms with Crippen molar-refractivity contribution in [3.05, 3.63) is 41.1 Å². The molecule has 1 aliphatic heterocycles. The number of halogens is 1. The fourth-order valence-corrected chi connectivity index (χ4v) is 2.66. The van der Waals surface area contributed by atoms with Crippen LogP contribution in [0, 0.1) is 0 Å². The summed E-state index contributed by atoms with van der Waals surface area (Å²) in [5.41, 5.74) is 0.826. The third-order valence-electron chi connectivity index (χ3n) is 3.77. The Morgan fingerprint density at radius 1 is 1.43 bits per heavy atom. The molecule has 23 heavy (non-hydrogen) atoms. The normalized spacial score (nSPS) is 17.4. The van der Waals surface area contributed by atoms with Crippen molar-refractivity contribution in [1.82, 2.24) is 4.98 Å². The van der Waals surface area contributed by atoms with Gasteiger partial charge in [0.2, 0.25) is 5.89 Å². The number of aromatic nitrogens is 1. The standard InChI is InChI=1S/C17H21ClN2O3/c1-2-13-9-20-17(23-13)10-19-15-8-12(18)5-6-16(15)22-11-14-4-3-7-21-14/h5-6,8-9,14,19H,2-4,7,10-11H2,1H3/t14-/m0/s1. The van der Waals surface area contributed by atoms with E-state index < -0.39 is 0 Å². The van der Waals surface area contributed by atoms with Crippen molar-refractivity contribution in [3.8, 4) is 5.75 Å². The van der Waals surface area contributed by atoms with E-state index in [2.05, 4.69) is 10.3 Å². The first-order chi connectivity index (χ1) is 11.2. The first-order valence-electron chi connectivity index (χ1n) is 7.96. The molecule has 2 heterocycles. The number of anilines is 1. The second-order valence-electron chi connectivity index (χ2n) is 5.51. The average molecular weight is 337 g/mol. The summed E-state index contributed by atoms with van der Waals surface area (Å²) in [6, 6.07) is 5.53. The van der Waals surface area contributed by atoms with Crippen LogP contribution in [0.25, 0.3) is 0 Å². The highest BCUT2D eigenvalue weighted by Gasteiger charge is 2.17. The van der Waals surface area contributed by atoms with E-state index in [1.54, 1.807) is 6.20 Å². The molecule has 0 spiro atoms. The minimum absolute atomic E-state index is 0.178. The lowest BCUT2D eigenvalue weighted by atomic mass is 10.2. The molecule has 6 heteroatoms. The number of aryl methyl sites for hydroxylation is 1. The van der Waals surface area contributed by atoms with E-state index in [4.69, 9.17) is 25.5 Å². The predicted molar refractivity (Wildman–Crippen MR) is 89.1 cm³/mol. The van der Waals surface area contributed by atoms with Crippen molar-refractivity contribution in [3.63, 3.8) is 0 Å². The SMILES string of the molecule is CCc1cnc(CNc2cc(Cl)ccc2OC[C@@H]2CCCO2)o1. The van der Waals surface area contributed by atoms with Gasteiger partial charge in [0.1, 0.15) is 18.1 Å². The zero-order valence-electron chi connectivity index (χ0n) is 13.2. The first-order valence-corrected chi connectivity index (χ1v) is 8.34. The third kappa shape index (κ3) is 4.39. The Labute approximate surface area is 140 Å². The highest BCUT2D eigenvalue weighted by molar-refractivity contribution is 6.30. The van der Waals surface area contributed by atoms with Crippen LogP contribution < -0.4 is 10.1 Å². The molecule has 0 radical (unpaired) electrons. The van der Waals surface area contributed by atoms with Crippen molar-refractivity contribution in [2.45, 2.75) is 38.8 Å². The number of nitrogens with zero attached hydrogens (tertiary/aromatic N) is 1. The summed E-state index contributed by atoms with van der Waals surface area (Å²) in [5, 5.41) is 3.93. The quantitative estimate of drug-likeness (QED) is 0.826. The van der Waals surface area contributed by atoms with Crippen LogP contribution in [-0.4, -0.2) is 24.3 Å². The lowest BCUT2D eigenvalue weighted by Gasteiger charge is -2.15. The lowest BCUT2D eigenvalue weighted by Crippen LogP contribution is -2.17. The Kier molecular flexibility index (Phi) is 5.41. The number of rotatable bonds is 7. The molecule has 0 amide bonds. The maximum Gasteiger partial charge on any atom is 0.213 e. The Morgan fingerprint density at radius 3 is 3.09 bits per heavy atom. The first kappa shape index (κ1) is 16.1. The number of ether oxygens (including phenoxy) is 2. The van der Waals surface area contributed by atoms with Gasteiger partial charge in [0.15, 0.2) is 0 Å². The van der Waals surface area contributed by atoms with Gasteiger partial charge in [-0.05, 0) is 31.0 Å². The van der Waals surface area contributed by atoms with E-state index in [0.717, 1.165) is 43.1 Å². The number of hydrogen-bond acceptors (Lipinski definition) is 5. The fraction of sp³-hybridized carbons (Fsp3) is 0.471. The maximum absolute atomic E-state index is 6.09. The van der Waals surface area contributed by atoms with Crippen molar-refractivity contribution in [1.29, 1.82) is 0 Å². The van der Waals surface area contributed by atoms with Gasteiger partial charge in [0, 0.05) is 18.1 Å². The van der Waals surface area contributed by atoms with Gasteiger partial charge in [-0.1, -0.05) is 18.5 Å². The van der Waals surface area contributed by atoms with E-state index >= 15 is 0 Å². The summed E-state index contributed by atoms with van der Waals surface area (Å²) in [6.45, 7) is 3.89. The molecule has 1 aromatic heterocycles. The van der Waals surface area contributed by atoms with Crippen molar-refractivity contribution in [2.24, 2.45) is 0 Å². The maximum atomic E-state index is 6.09. The summed E-state index contributed by atoms with van der Waals surface area (Å²) < 4.78 is 17.1. The van der Waals surface area contributed by atoms with Gasteiger partial charge in [0.25, 0.3) is 0 Å². The molecule has 0 bridgehead atoms. The van der Waals surface area contributed by atoms with E-state index in [1.807, 2.05) is 25.1 Å². The van der Waals surface area contributed by atoms with E-state index in [-0.39, 0.29) is 6.10 Å². The van der Waals surface area contributed by atoms with Gasteiger partial charge >= 0.3 is 0 Å². The summed E-state index contributed by atoms with van der Waals surface area (Å²) >= 11 is 6.09. The van der Waals surface area contributed by atoms with E-state index in [9.17, 15) is 0 Å². The van der Waals surface area contributed by atoms with Crippen molar-refractivity contribution < 1.29 is 13.9 Å². The molecule has 5 nitrogen and oxygen atoms in total. The van der Waals surface area contributed by atoms with Crippen LogP contribution in [-0.2, 0) is 17.7 Å². The molecule has 0 aliphatic carbocycles. The Balaban J connectivity index is 1.63. The zero-order valence-corrected chi connectivity index (χ0v) is 13.9. The average Bonchev–Trinajstić information content (AvgIpc) is 3.23. The molecule has 1 N–H and O–H groups in total. The molecule has 0 unspecified atom stereocenters. The molecular weight excluding hydrogens is 316 g/mol. The van der Waals surface area contributed by atoms with Crippen LogP contribution in [0.3, 0.4) is 0 Å². The minimum Gasteiger partial charge on any atom is -0.489 e. The number of benzene rings is 1. The molecule has 0 saturated carbocycles. The van der Waals surface area contributed by atoms with Crippen LogP contribution in [0.4, 0.5) is 5.69 Å². The highest BCUT2D eigenvalue weighted by Crippen LogP contribution is 2.29. The van der Waals surface area contributed by atoms with Crippen molar-refractivity contribution in [2.75, 3.05) is 18.5 Å². The molecule has 1 atom stereocenters. The van der Waals surface area contributed by atoms with Gasteiger partial charge < -0.3 is 19.2 Å². The zero-order chi connectivity index (χ0) is 16.1. The second-order valence-corrected chi connectivity index (χ2v) is 5.95. The Hall–Kier alpha value is -1.72. The molecular formula is C17H21ClN2O3. The van der Waals surface area contributed by atoms with Crippen LogP contribution >= 0.6 is 11.6 Å². The highest BCUT2D eigenvalue weighted by atomic mass is 35.5. The lowest BCUT2D eigenvalue weighted by molar-refractivity contribution is 0.0682. The van der Waals surface area contributed by atoms with E-state index in [0.29, 0.717) is 24.1 Å². The smallest absolute Gasteiger partial charge is 0.213 e. The largest absolute Gasteiger partial charge is 0.489 e. The van der Waals surface area contributed by atoms with Gasteiger partial charge in [-0.3, -0.25) is 0 Å². The third-order valence-corrected chi connectivity index (χ3v) is 4.01. The molecule has 2 aromatic rings. The van der Waals surface area contributed by atoms with Crippen LogP contribution in [0.1, 0.15) is 31.4 Å². The number of oxazole rings is 1. The number of hydrogen-bond donors (Lipinski definition) is 1. The molecule has 1 fully saturated rings. The molecule has 1 saturated heterocycles. The molecule has 1 aromatic carbocycles. The second kappa shape index (κ2) is 7.70. The summed E-state index contributed by atoms with van der Waals surface area (Å²) in [4.78, 5) is 4.24. The van der Waals surface area contributed by atoms with Gasteiger partial charge in [-0.15, -0.1) is 0 Å². The molecule has 3 rings (SSSR count). The van der Waals surface area contributed by atoms with Gasteiger partial charge in [-0.25, -0.2) is 4.98 Å². The van der Waals surface area contributed by atoms with Gasteiger partial charge in [-0.2, -0.15) is 0 Å². The topological polar surface area (TPSA) is 56.5 Å². The predicted octanol–water partition coefficient (Wildman–Crippen LogP) is 4.06.